The summed E-state index contributed by atoms with van der Waals surface area (Å²) in [6.07, 6.45) is 2.97. The third-order valence-electron chi connectivity index (χ3n) is 2.27. The lowest BCUT2D eigenvalue weighted by Crippen LogP contribution is -1.92. The summed E-state index contributed by atoms with van der Waals surface area (Å²) in [5.74, 6) is 0.536. The van der Waals surface area contributed by atoms with Crippen molar-refractivity contribution in [3.8, 4) is 0 Å². The van der Waals surface area contributed by atoms with Crippen molar-refractivity contribution in [3.05, 3.63) is 47.0 Å². The highest BCUT2D eigenvalue weighted by molar-refractivity contribution is 6.31. The molecule has 0 fully saturated rings. The molecule has 0 aliphatic rings. The van der Waals surface area contributed by atoms with Crippen molar-refractivity contribution in [1.82, 2.24) is 0 Å². The lowest BCUT2D eigenvalue weighted by molar-refractivity contribution is 0.781. The second-order valence-corrected chi connectivity index (χ2v) is 3.84. The van der Waals surface area contributed by atoms with Crippen LogP contribution in [0.15, 0.2) is 30.9 Å². The SMILES string of the molecule is C=CCC(C)c1ccc(Cl)c(C)c1. The van der Waals surface area contributed by atoms with E-state index in [4.69, 9.17) is 11.6 Å². The predicted molar refractivity (Wildman–Crippen MR) is 59.4 cm³/mol. The second-order valence-electron chi connectivity index (χ2n) is 3.43. The smallest absolute Gasteiger partial charge is 0.0435 e. The zero-order valence-electron chi connectivity index (χ0n) is 8.18. The Morgan fingerprint density at radius 1 is 1.54 bits per heavy atom. The van der Waals surface area contributed by atoms with E-state index in [1.807, 2.05) is 19.1 Å². The molecule has 0 saturated heterocycles. The Morgan fingerprint density at radius 3 is 2.77 bits per heavy atom. The van der Waals surface area contributed by atoms with Crippen molar-refractivity contribution in [2.75, 3.05) is 0 Å². The van der Waals surface area contributed by atoms with Crippen LogP contribution in [0.4, 0.5) is 0 Å². The fraction of sp³-hybridized carbons (Fsp3) is 0.333. The molecule has 0 spiro atoms. The molecule has 1 heteroatoms. The van der Waals surface area contributed by atoms with E-state index in [1.54, 1.807) is 0 Å². The van der Waals surface area contributed by atoms with Gasteiger partial charge in [-0.1, -0.05) is 36.7 Å². The Hall–Kier alpha value is -0.750. The van der Waals surface area contributed by atoms with Crippen LogP contribution in [0.1, 0.15) is 30.4 Å². The first-order chi connectivity index (χ1) is 6.15. The first-order valence-electron chi connectivity index (χ1n) is 4.52. The number of allylic oxidation sites excluding steroid dienone is 1. The lowest BCUT2D eigenvalue weighted by Gasteiger charge is -2.10. The van der Waals surface area contributed by atoms with Gasteiger partial charge in [0.1, 0.15) is 0 Å². The summed E-state index contributed by atoms with van der Waals surface area (Å²) in [6.45, 7) is 7.97. The van der Waals surface area contributed by atoms with Crippen LogP contribution in [0.25, 0.3) is 0 Å². The first-order valence-corrected chi connectivity index (χ1v) is 4.90. The molecule has 0 heterocycles. The molecule has 13 heavy (non-hydrogen) atoms. The molecule has 70 valence electrons. The summed E-state index contributed by atoms with van der Waals surface area (Å²) in [7, 11) is 0. The highest BCUT2D eigenvalue weighted by Crippen LogP contribution is 2.24. The van der Waals surface area contributed by atoms with Crippen LogP contribution >= 0.6 is 11.6 Å². The quantitative estimate of drug-likeness (QED) is 0.629. The van der Waals surface area contributed by atoms with E-state index in [-0.39, 0.29) is 0 Å². The largest absolute Gasteiger partial charge is 0.103 e. The van der Waals surface area contributed by atoms with Crippen molar-refractivity contribution in [1.29, 1.82) is 0 Å². The van der Waals surface area contributed by atoms with Crippen LogP contribution in [-0.4, -0.2) is 0 Å². The number of halogens is 1. The molecule has 1 atom stereocenters. The minimum Gasteiger partial charge on any atom is -0.103 e. The van der Waals surface area contributed by atoms with Gasteiger partial charge in [0.05, 0.1) is 0 Å². The van der Waals surface area contributed by atoms with Crippen molar-refractivity contribution < 1.29 is 0 Å². The highest BCUT2D eigenvalue weighted by Gasteiger charge is 2.04. The molecule has 0 amide bonds. The van der Waals surface area contributed by atoms with Gasteiger partial charge in [-0.3, -0.25) is 0 Å². The van der Waals surface area contributed by atoms with Gasteiger partial charge in [0.25, 0.3) is 0 Å². The fourth-order valence-electron chi connectivity index (χ4n) is 1.36. The van der Waals surface area contributed by atoms with Crippen molar-refractivity contribution in [2.24, 2.45) is 0 Å². The Kier molecular flexibility index (Phi) is 3.56. The van der Waals surface area contributed by atoms with Gasteiger partial charge < -0.3 is 0 Å². The molecule has 1 rings (SSSR count). The molecule has 1 unspecified atom stereocenters. The molecule has 0 N–H and O–H groups in total. The van der Waals surface area contributed by atoms with E-state index < -0.39 is 0 Å². The summed E-state index contributed by atoms with van der Waals surface area (Å²) in [5, 5.41) is 0.842. The number of aryl methyl sites for hydroxylation is 1. The molecule has 0 nitrogen and oxygen atoms in total. The molecule has 1 aromatic carbocycles. The van der Waals surface area contributed by atoms with Gasteiger partial charge in [-0.25, -0.2) is 0 Å². The van der Waals surface area contributed by atoms with Gasteiger partial charge in [-0.2, -0.15) is 0 Å². The molecule has 0 aromatic heterocycles. The molecule has 0 aliphatic carbocycles. The maximum Gasteiger partial charge on any atom is 0.0435 e. The summed E-state index contributed by atoms with van der Waals surface area (Å²) < 4.78 is 0. The van der Waals surface area contributed by atoms with Gasteiger partial charge >= 0.3 is 0 Å². The standard InChI is InChI=1S/C12H15Cl/c1-4-5-9(2)11-6-7-12(13)10(3)8-11/h4,6-9H,1,5H2,2-3H3. The van der Waals surface area contributed by atoms with Gasteiger partial charge in [0.2, 0.25) is 0 Å². The topological polar surface area (TPSA) is 0 Å². The molecule has 0 bridgehead atoms. The zero-order chi connectivity index (χ0) is 9.84. The van der Waals surface area contributed by atoms with Gasteiger partial charge in [-0.05, 0) is 36.5 Å². The van der Waals surface area contributed by atoms with E-state index >= 15 is 0 Å². The molecule has 0 saturated carbocycles. The lowest BCUT2D eigenvalue weighted by atomic mass is 9.96. The zero-order valence-corrected chi connectivity index (χ0v) is 8.93. The van der Waals surface area contributed by atoms with Gasteiger partial charge in [0.15, 0.2) is 0 Å². The van der Waals surface area contributed by atoms with Crippen molar-refractivity contribution in [2.45, 2.75) is 26.2 Å². The number of rotatable bonds is 3. The Bertz CT molecular complexity index is 302. The molecular formula is C12H15Cl. The van der Waals surface area contributed by atoms with E-state index in [9.17, 15) is 0 Å². The third kappa shape index (κ3) is 2.60. The van der Waals surface area contributed by atoms with Crippen LogP contribution in [-0.2, 0) is 0 Å². The van der Waals surface area contributed by atoms with Crippen LogP contribution in [0, 0.1) is 6.92 Å². The molecule has 0 aliphatic heterocycles. The minimum absolute atomic E-state index is 0.536. The van der Waals surface area contributed by atoms with Crippen LogP contribution in [0.5, 0.6) is 0 Å². The van der Waals surface area contributed by atoms with Crippen molar-refractivity contribution >= 4 is 11.6 Å². The minimum atomic E-state index is 0.536. The fourth-order valence-corrected chi connectivity index (χ4v) is 1.48. The molecule has 1 aromatic rings. The summed E-state index contributed by atoms with van der Waals surface area (Å²) in [4.78, 5) is 0. The van der Waals surface area contributed by atoms with Gasteiger partial charge in [-0.15, -0.1) is 6.58 Å². The van der Waals surface area contributed by atoms with E-state index in [2.05, 4.69) is 25.6 Å². The summed E-state index contributed by atoms with van der Waals surface area (Å²) in [6, 6.07) is 6.20. The summed E-state index contributed by atoms with van der Waals surface area (Å²) >= 11 is 5.94. The number of hydrogen-bond donors (Lipinski definition) is 0. The Morgan fingerprint density at radius 2 is 2.23 bits per heavy atom. The van der Waals surface area contributed by atoms with E-state index in [0.717, 1.165) is 17.0 Å². The van der Waals surface area contributed by atoms with Crippen LogP contribution in [0.2, 0.25) is 5.02 Å². The van der Waals surface area contributed by atoms with Crippen molar-refractivity contribution in [3.63, 3.8) is 0 Å². The average molecular weight is 195 g/mol. The second kappa shape index (κ2) is 4.48. The third-order valence-corrected chi connectivity index (χ3v) is 2.70. The maximum absolute atomic E-state index is 5.94. The molecular weight excluding hydrogens is 180 g/mol. The number of hydrogen-bond acceptors (Lipinski definition) is 0. The Labute approximate surface area is 85.2 Å². The monoisotopic (exact) mass is 194 g/mol. The van der Waals surface area contributed by atoms with E-state index in [1.165, 1.54) is 5.56 Å². The maximum atomic E-state index is 5.94. The average Bonchev–Trinajstić information content (AvgIpc) is 2.10. The first kappa shape index (κ1) is 10.3. The predicted octanol–water partition coefficient (Wildman–Crippen LogP) is 4.33. The van der Waals surface area contributed by atoms with Crippen LogP contribution < -0.4 is 0 Å². The van der Waals surface area contributed by atoms with Crippen LogP contribution in [0.3, 0.4) is 0 Å². The molecule has 0 radical (unpaired) electrons. The highest BCUT2D eigenvalue weighted by atomic mass is 35.5. The number of benzene rings is 1. The Balaban J connectivity index is 2.89. The van der Waals surface area contributed by atoms with Gasteiger partial charge in [0, 0.05) is 5.02 Å². The van der Waals surface area contributed by atoms with E-state index in [0.29, 0.717) is 5.92 Å². The summed E-state index contributed by atoms with van der Waals surface area (Å²) in [5.41, 5.74) is 2.48. The normalized spacial score (nSPS) is 12.5.